The molecule has 0 bridgehead atoms. The van der Waals surface area contributed by atoms with Crippen LogP contribution in [0.1, 0.15) is 31.1 Å². The van der Waals surface area contributed by atoms with Gasteiger partial charge in [-0.1, -0.05) is 54.6 Å². The number of carbonyl (C=O) groups is 3. The maximum atomic E-state index is 11.8. The molecule has 1 heterocycles. The monoisotopic (exact) mass is 428 g/mol. The topological polar surface area (TPSA) is 141 Å². The van der Waals surface area contributed by atoms with Crippen molar-refractivity contribution in [3.63, 3.8) is 0 Å². The second-order valence-corrected chi connectivity index (χ2v) is 6.86. The average molecular weight is 428 g/mol. The molecule has 0 saturated heterocycles. The standard InChI is InChI=1S/C24H16N2O6/c27-22(28)16-10-4-1-7-13(16)19-20(14-8-2-5-11-17(14)23(29)30)26-21(25-19)15-9-3-6-12-18(15)24(31)32/h1-12H,(H,25,26)(H,27,28)(H,29,30)(H,31,32). The highest BCUT2D eigenvalue weighted by Gasteiger charge is 2.24. The summed E-state index contributed by atoms with van der Waals surface area (Å²) in [6, 6.07) is 18.7. The Hall–Kier alpha value is -4.72. The van der Waals surface area contributed by atoms with Gasteiger partial charge < -0.3 is 20.3 Å². The van der Waals surface area contributed by atoms with E-state index in [4.69, 9.17) is 0 Å². The molecule has 158 valence electrons. The van der Waals surface area contributed by atoms with Crippen LogP contribution in [0.4, 0.5) is 0 Å². The number of H-pyrrole nitrogens is 1. The molecule has 0 aliphatic heterocycles. The first-order valence-corrected chi connectivity index (χ1v) is 9.46. The maximum absolute atomic E-state index is 11.8. The summed E-state index contributed by atoms with van der Waals surface area (Å²) in [6.45, 7) is 0. The number of carboxylic acid groups (broad SMARTS) is 3. The number of nitrogens with zero attached hydrogens (tertiary/aromatic N) is 1. The number of carboxylic acids is 3. The first-order chi connectivity index (χ1) is 15.4. The van der Waals surface area contributed by atoms with Gasteiger partial charge in [-0.3, -0.25) is 0 Å². The highest BCUT2D eigenvalue weighted by Crippen LogP contribution is 2.37. The largest absolute Gasteiger partial charge is 0.478 e. The molecule has 0 amide bonds. The summed E-state index contributed by atoms with van der Waals surface area (Å²) >= 11 is 0. The fourth-order valence-electron chi connectivity index (χ4n) is 3.53. The van der Waals surface area contributed by atoms with Crippen LogP contribution in [0.2, 0.25) is 0 Å². The van der Waals surface area contributed by atoms with E-state index in [1.807, 2.05) is 0 Å². The van der Waals surface area contributed by atoms with Gasteiger partial charge in [0, 0.05) is 16.7 Å². The van der Waals surface area contributed by atoms with Gasteiger partial charge in [0.05, 0.1) is 28.1 Å². The highest BCUT2D eigenvalue weighted by molar-refractivity contribution is 6.02. The quantitative estimate of drug-likeness (QED) is 0.354. The Labute approximate surface area is 181 Å². The third-order valence-electron chi connectivity index (χ3n) is 4.96. The molecule has 0 saturated carbocycles. The Kier molecular flexibility index (Phi) is 5.26. The minimum atomic E-state index is -1.17. The van der Waals surface area contributed by atoms with Gasteiger partial charge in [0.2, 0.25) is 0 Å². The van der Waals surface area contributed by atoms with Crippen LogP contribution < -0.4 is 0 Å². The van der Waals surface area contributed by atoms with Crippen molar-refractivity contribution in [3.8, 4) is 33.9 Å². The highest BCUT2D eigenvalue weighted by atomic mass is 16.4. The van der Waals surface area contributed by atoms with Crippen molar-refractivity contribution in [2.24, 2.45) is 0 Å². The van der Waals surface area contributed by atoms with E-state index in [0.717, 1.165) is 0 Å². The lowest BCUT2D eigenvalue weighted by Crippen LogP contribution is -2.02. The Morgan fingerprint density at radius 2 is 1.00 bits per heavy atom. The summed E-state index contributed by atoms with van der Waals surface area (Å²) < 4.78 is 0. The predicted octanol–water partition coefficient (Wildman–Crippen LogP) is 4.51. The van der Waals surface area contributed by atoms with Crippen molar-refractivity contribution < 1.29 is 29.7 Å². The van der Waals surface area contributed by atoms with E-state index in [1.54, 1.807) is 54.6 Å². The molecule has 0 atom stereocenters. The summed E-state index contributed by atoms with van der Waals surface area (Å²) in [7, 11) is 0. The van der Waals surface area contributed by atoms with Crippen molar-refractivity contribution in [2.75, 3.05) is 0 Å². The van der Waals surface area contributed by atoms with Crippen molar-refractivity contribution >= 4 is 17.9 Å². The Morgan fingerprint density at radius 1 is 0.594 bits per heavy atom. The lowest BCUT2D eigenvalue weighted by atomic mass is 9.97. The van der Waals surface area contributed by atoms with Crippen LogP contribution >= 0.6 is 0 Å². The molecule has 4 N–H and O–H groups in total. The van der Waals surface area contributed by atoms with Crippen molar-refractivity contribution in [2.45, 2.75) is 0 Å². The van der Waals surface area contributed by atoms with Crippen molar-refractivity contribution in [1.82, 2.24) is 9.97 Å². The molecule has 32 heavy (non-hydrogen) atoms. The average Bonchev–Trinajstić information content (AvgIpc) is 3.24. The van der Waals surface area contributed by atoms with E-state index in [2.05, 4.69) is 9.97 Å². The lowest BCUT2D eigenvalue weighted by Gasteiger charge is -2.08. The minimum Gasteiger partial charge on any atom is -0.478 e. The molecule has 4 rings (SSSR count). The fraction of sp³-hybridized carbons (Fsp3) is 0. The minimum absolute atomic E-state index is 0.00242. The number of aromatic amines is 1. The zero-order chi connectivity index (χ0) is 22.8. The van der Waals surface area contributed by atoms with Gasteiger partial charge in [0.1, 0.15) is 5.82 Å². The van der Waals surface area contributed by atoms with E-state index >= 15 is 0 Å². The Morgan fingerprint density at radius 3 is 1.53 bits per heavy atom. The third kappa shape index (κ3) is 3.61. The predicted molar refractivity (Wildman–Crippen MR) is 116 cm³/mol. The first-order valence-electron chi connectivity index (χ1n) is 9.46. The SMILES string of the molecule is O=C(O)c1ccccc1-c1nc(-c2ccccc2C(=O)O)c(-c2ccccc2C(=O)O)[nH]1. The van der Waals surface area contributed by atoms with Crippen molar-refractivity contribution in [3.05, 3.63) is 89.5 Å². The Bertz CT molecular complexity index is 1300. The molecular formula is C24H16N2O6. The smallest absolute Gasteiger partial charge is 0.336 e. The number of rotatable bonds is 6. The number of hydrogen-bond acceptors (Lipinski definition) is 4. The van der Waals surface area contributed by atoms with Crippen LogP contribution in [0, 0.1) is 0 Å². The number of aromatic nitrogens is 2. The number of imidazole rings is 1. The van der Waals surface area contributed by atoms with Gasteiger partial charge >= 0.3 is 17.9 Å². The van der Waals surface area contributed by atoms with E-state index in [0.29, 0.717) is 5.56 Å². The molecule has 4 aromatic rings. The van der Waals surface area contributed by atoms with Crippen LogP contribution in [-0.2, 0) is 0 Å². The van der Waals surface area contributed by atoms with Crippen molar-refractivity contribution in [1.29, 1.82) is 0 Å². The Balaban J connectivity index is 2.06. The third-order valence-corrected chi connectivity index (χ3v) is 4.96. The molecule has 1 aromatic heterocycles. The van der Waals surface area contributed by atoms with Crippen LogP contribution in [0.3, 0.4) is 0 Å². The van der Waals surface area contributed by atoms with E-state index in [-0.39, 0.29) is 45.0 Å². The van der Waals surface area contributed by atoms with Crippen LogP contribution in [0.25, 0.3) is 33.9 Å². The van der Waals surface area contributed by atoms with E-state index in [9.17, 15) is 29.7 Å². The summed E-state index contributed by atoms with van der Waals surface area (Å²) in [5, 5.41) is 28.9. The molecule has 0 aliphatic carbocycles. The van der Waals surface area contributed by atoms with Gasteiger partial charge in [0.25, 0.3) is 0 Å². The van der Waals surface area contributed by atoms with Crippen LogP contribution in [0.5, 0.6) is 0 Å². The van der Waals surface area contributed by atoms with Gasteiger partial charge in [-0.25, -0.2) is 19.4 Å². The molecule has 0 spiro atoms. The number of aromatic carboxylic acids is 3. The molecule has 0 fully saturated rings. The second-order valence-electron chi connectivity index (χ2n) is 6.86. The van der Waals surface area contributed by atoms with Gasteiger partial charge in [-0.05, 0) is 18.2 Å². The maximum Gasteiger partial charge on any atom is 0.336 e. The molecule has 8 heteroatoms. The zero-order valence-electron chi connectivity index (χ0n) is 16.4. The van der Waals surface area contributed by atoms with Gasteiger partial charge in [-0.15, -0.1) is 0 Å². The summed E-state index contributed by atoms with van der Waals surface area (Å²) in [5.41, 5.74) is 1.28. The summed E-state index contributed by atoms with van der Waals surface area (Å²) in [6.07, 6.45) is 0. The molecular weight excluding hydrogens is 412 g/mol. The van der Waals surface area contributed by atoms with E-state index < -0.39 is 17.9 Å². The molecule has 0 aliphatic rings. The van der Waals surface area contributed by atoms with Gasteiger partial charge in [0.15, 0.2) is 0 Å². The van der Waals surface area contributed by atoms with Gasteiger partial charge in [-0.2, -0.15) is 0 Å². The molecule has 8 nitrogen and oxygen atoms in total. The molecule has 0 unspecified atom stereocenters. The fourth-order valence-corrected chi connectivity index (χ4v) is 3.53. The normalized spacial score (nSPS) is 10.6. The molecule has 0 radical (unpaired) electrons. The first kappa shape index (κ1) is 20.5. The lowest BCUT2D eigenvalue weighted by molar-refractivity contribution is 0.0686. The zero-order valence-corrected chi connectivity index (χ0v) is 16.4. The summed E-state index contributed by atoms with van der Waals surface area (Å²) in [4.78, 5) is 43.0. The second kappa shape index (κ2) is 8.19. The van der Waals surface area contributed by atoms with Crippen LogP contribution in [0.15, 0.2) is 72.8 Å². The molecule has 3 aromatic carbocycles. The summed E-state index contributed by atoms with van der Waals surface area (Å²) in [5.74, 6) is -3.32. The van der Waals surface area contributed by atoms with Crippen LogP contribution in [-0.4, -0.2) is 43.2 Å². The number of nitrogens with one attached hydrogen (secondary N) is 1. The van der Waals surface area contributed by atoms with E-state index in [1.165, 1.54) is 18.2 Å². The number of benzene rings is 3. The number of hydrogen-bond donors (Lipinski definition) is 4.